The number of nitrogens with two attached hydrogens (primary N) is 1. The van der Waals surface area contributed by atoms with Crippen LogP contribution >= 0.6 is 0 Å². The van der Waals surface area contributed by atoms with E-state index in [-0.39, 0.29) is 22.9 Å². The second-order valence-corrected chi connectivity index (χ2v) is 4.35. The van der Waals surface area contributed by atoms with Gasteiger partial charge in [-0.15, -0.1) is 0 Å². The van der Waals surface area contributed by atoms with Crippen molar-refractivity contribution in [3.05, 3.63) is 47.8 Å². The van der Waals surface area contributed by atoms with Crippen molar-refractivity contribution >= 4 is 5.69 Å². The molecule has 0 radical (unpaired) electrons. The van der Waals surface area contributed by atoms with E-state index < -0.39 is 17.5 Å². The van der Waals surface area contributed by atoms with Crippen molar-refractivity contribution < 1.29 is 22.6 Å². The Bertz CT molecular complexity index is 647. The molecule has 21 heavy (non-hydrogen) atoms. The molecule has 0 heterocycles. The molecule has 0 aromatic heterocycles. The van der Waals surface area contributed by atoms with Crippen molar-refractivity contribution in [2.75, 3.05) is 12.3 Å². The molecule has 0 aliphatic rings. The molecule has 0 saturated carbocycles. The monoisotopic (exact) mass is 297 g/mol. The summed E-state index contributed by atoms with van der Waals surface area (Å²) in [5, 5.41) is 0. The molecule has 2 N–H and O–H groups in total. The van der Waals surface area contributed by atoms with E-state index in [1.807, 2.05) is 6.92 Å². The molecule has 2 aromatic rings. The minimum atomic E-state index is -0.754. The van der Waals surface area contributed by atoms with Crippen LogP contribution in [0.5, 0.6) is 17.2 Å². The molecule has 6 heteroatoms. The van der Waals surface area contributed by atoms with Crippen molar-refractivity contribution in [3.8, 4) is 17.2 Å². The van der Waals surface area contributed by atoms with Crippen molar-refractivity contribution in [1.82, 2.24) is 0 Å². The summed E-state index contributed by atoms with van der Waals surface area (Å²) < 4.78 is 50.7. The summed E-state index contributed by atoms with van der Waals surface area (Å²) >= 11 is 0. The van der Waals surface area contributed by atoms with Gasteiger partial charge in [-0.1, -0.05) is 6.92 Å². The second-order valence-electron chi connectivity index (χ2n) is 4.35. The molecule has 0 bridgehead atoms. The van der Waals surface area contributed by atoms with Gasteiger partial charge in [0.25, 0.3) is 0 Å². The molecule has 2 aromatic carbocycles. The molecule has 112 valence electrons. The van der Waals surface area contributed by atoms with E-state index in [1.165, 1.54) is 6.07 Å². The number of benzene rings is 2. The van der Waals surface area contributed by atoms with Crippen LogP contribution in [-0.2, 0) is 0 Å². The van der Waals surface area contributed by atoms with E-state index in [2.05, 4.69) is 0 Å². The third kappa shape index (κ3) is 3.59. The fourth-order valence-corrected chi connectivity index (χ4v) is 1.64. The highest BCUT2D eigenvalue weighted by Crippen LogP contribution is 2.34. The van der Waals surface area contributed by atoms with Gasteiger partial charge in [-0.2, -0.15) is 0 Å². The summed E-state index contributed by atoms with van der Waals surface area (Å²) in [5.74, 6) is -2.46. The van der Waals surface area contributed by atoms with Gasteiger partial charge >= 0.3 is 0 Å². The maximum Gasteiger partial charge on any atom is 0.167 e. The van der Waals surface area contributed by atoms with Crippen LogP contribution in [0.1, 0.15) is 13.3 Å². The number of hydrogen-bond acceptors (Lipinski definition) is 3. The molecule has 0 saturated heterocycles. The molecule has 0 aliphatic heterocycles. The molecular weight excluding hydrogens is 283 g/mol. The largest absolute Gasteiger partial charge is 0.490 e. The van der Waals surface area contributed by atoms with E-state index in [9.17, 15) is 13.2 Å². The van der Waals surface area contributed by atoms with Gasteiger partial charge in [0.15, 0.2) is 28.9 Å². The van der Waals surface area contributed by atoms with Crippen LogP contribution in [-0.4, -0.2) is 6.61 Å². The first kappa shape index (κ1) is 15.0. The lowest BCUT2D eigenvalue weighted by Crippen LogP contribution is -2.01. The van der Waals surface area contributed by atoms with E-state index in [1.54, 1.807) is 0 Å². The SMILES string of the molecule is CCCOc1cc(Oc2cc(F)ccc2F)c(N)cc1F. The van der Waals surface area contributed by atoms with Crippen LogP contribution in [0.15, 0.2) is 30.3 Å². The van der Waals surface area contributed by atoms with Crippen molar-refractivity contribution in [1.29, 1.82) is 0 Å². The lowest BCUT2D eigenvalue weighted by Gasteiger charge is -2.12. The minimum Gasteiger partial charge on any atom is -0.490 e. The Morgan fingerprint density at radius 3 is 2.43 bits per heavy atom. The standard InChI is InChI=1S/C15H14F3NO2/c1-2-5-20-13-8-15(12(19)7-11(13)18)21-14-6-9(16)3-4-10(14)17/h3-4,6-8H,2,5,19H2,1H3. The highest BCUT2D eigenvalue weighted by molar-refractivity contribution is 5.57. The van der Waals surface area contributed by atoms with Crippen molar-refractivity contribution in [2.24, 2.45) is 0 Å². The van der Waals surface area contributed by atoms with Crippen LogP contribution in [0.3, 0.4) is 0 Å². The zero-order valence-electron chi connectivity index (χ0n) is 11.3. The fraction of sp³-hybridized carbons (Fsp3) is 0.200. The summed E-state index contributed by atoms with van der Waals surface area (Å²) in [5.41, 5.74) is 5.58. The molecule has 3 nitrogen and oxygen atoms in total. The topological polar surface area (TPSA) is 44.5 Å². The third-order valence-corrected chi connectivity index (χ3v) is 2.64. The number of nitrogen functional groups attached to an aromatic ring is 1. The van der Waals surface area contributed by atoms with E-state index >= 15 is 0 Å². The molecule has 0 spiro atoms. The van der Waals surface area contributed by atoms with Gasteiger partial charge in [0, 0.05) is 18.2 Å². The van der Waals surface area contributed by atoms with Gasteiger partial charge in [-0.3, -0.25) is 0 Å². The van der Waals surface area contributed by atoms with Gasteiger partial charge in [-0.05, 0) is 18.6 Å². The molecule has 0 fully saturated rings. The Kier molecular flexibility index (Phi) is 4.57. The van der Waals surface area contributed by atoms with E-state index in [4.69, 9.17) is 15.2 Å². The van der Waals surface area contributed by atoms with Gasteiger partial charge in [0.2, 0.25) is 0 Å². The highest BCUT2D eigenvalue weighted by Gasteiger charge is 2.13. The number of anilines is 1. The second kappa shape index (κ2) is 6.39. The zero-order valence-corrected chi connectivity index (χ0v) is 11.3. The van der Waals surface area contributed by atoms with Crippen LogP contribution in [0, 0.1) is 17.5 Å². The Hall–Kier alpha value is -2.37. The smallest absolute Gasteiger partial charge is 0.167 e. The summed E-state index contributed by atoms with van der Waals surface area (Å²) in [6, 6.07) is 5.00. The number of rotatable bonds is 5. The predicted octanol–water partition coefficient (Wildman–Crippen LogP) is 4.27. The Labute approximate surface area is 120 Å². The first-order chi connectivity index (χ1) is 10.0. The molecule has 0 amide bonds. The quantitative estimate of drug-likeness (QED) is 0.838. The average Bonchev–Trinajstić information content (AvgIpc) is 2.44. The zero-order chi connectivity index (χ0) is 15.4. The maximum absolute atomic E-state index is 13.6. The number of halogens is 3. The number of ether oxygens (including phenoxy) is 2. The Morgan fingerprint density at radius 1 is 0.952 bits per heavy atom. The average molecular weight is 297 g/mol. The summed E-state index contributed by atoms with van der Waals surface area (Å²) in [6.45, 7) is 2.18. The Balaban J connectivity index is 2.32. The fourth-order valence-electron chi connectivity index (χ4n) is 1.64. The Morgan fingerprint density at radius 2 is 1.71 bits per heavy atom. The molecular formula is C15H14F3NO2. The lowest BCUT2D eigenvalue weighted by molar-refractivity contribution is 0.299. The van der Waals surface area contributed by atoms with Gasteiger partial charge in [0.1, 0.15) is 5.82 Å². The van der Waals surface area contributed by atoms with Crippen LogP contribution < -0.4 is 15.2 Å². The third-order valence-electron chi connectivity index (χ3n) is 2.64. The minimum absolute atomic E-state index is 0.00740. The van der Waals surface area contributed by atoms with Crippen molar-refractivity contribution in [3.63, 3.8) is 0 Å². The van der Waals surface area contributed by atoms with Crippen molar-refractivity contribution in [2.45, 2.75) is 13.3 Å². The normalized spacial score (nSPS) is 10.5. The predicted molar refractivity (Wildman–Crippen MR) is 73.0 cm³/mol. The van der Waals surface area contributed by atoms with Crippen LogP contribution in [0.2, 0.25) is 0 Å². The molecule has 0 aliphatic carbocycles. The molecule has 0 unspecified atom stereocenters. The molecule has 0 atom stereocenters. The van der Waals surface area contributed by atoms with E-state index in [0.717, 1.165) is 24.3 Å². The van der Waals surface area contributed by atoms with Gasteiger partial charge in [0.05, 0.1) is 12.3 Å². The first-order valence-electron chi connectivity index (χ1n) is 6.36. The van der Waals surface area contributed by atoms with Gasteiger partial charge < -0.3 is 15.2 Å². The first-order valence-corrected chi connectivity index (χ1v) is 6.36. The number of hydrogen-bond donors (Lipinski definition) is 1. The van der Waals surface area contributed by atoms with Crippen LogP contribution in [0.25, 0.3) is 0 Å². The summed E-state index contributed by atoms with van der Waals surface area (Å²) in [6.07, 6.45) is 0.693. The van der Waals surface area contributed by atoms with Gasteiger partial charge in [-0.25, -0.2) is 13.2 Å². The maximum atomic E-state index is 13.6. The van der Waals surface area contributed by atoms with E-state index in [0.29, 0.717) is 13.0 Å². The molecule has 2 rings (SSSR count). The lowest BCUT2D eigenvalue weighted by atomic mass is 10.2. The van der Waals surface area contributed by atoms with Crippen LogP contribution in [0.4, 0.5) is 18.9 Å². The summed E-state index contributed by atoms with van der Waals surface area (Å²) in [7, 11) is 0. The summed E-state index contributed by atoms with van der Waals surface area (Å²) in [4.78, 5) is 0. The highest BCUT2D eigenvalue weighted by atomic mass is 19.1.